The summed E-state index contributed by atoms with van der Waals surface area (Å²) in [7, 11) is 0. The Hall–Kier alpha value is -4.46. The van der Waals surface area contributed by atoms with E-state index in [0.29, 0.717) is 11.3 Å². The lowest BCUT2D eigenvalue weighted by Crippen LogP contribution is -2.57. The number of nitrogens with zero attached hydrogens (tertiary/aromatic N) is 1. The van der Waals surface area contributed by atoms with Gasteiger partial charge in [-0.3, -0.25) is 19.2 Å². The van der Waals surface area contributed by atoms with Gasteiger partial charge in [0.1, 0.15) is 23.9 Å². The van der Waals surface area contributed by atoms with Crippen molar-refractivity contribution in [3.05, 3.63) is 48.0 Å². The van der Waals surface area contributed by atoms with Crippen LogP contribution in [0.1, 0.15) is 24.6 Å². The van der Waals surface area contributed by atoms with Crippen LogP contribution in [0.5, 0.6) is 5.75 Å². The molecule has 1 aromatic carbocycles. The minimum atomic E-state index is -1.73. The van der Waals surface area contributed by atoms with E-state index < -0.39 is 60.2 Å². The van der Waals surface area contributed by atoms with Crippen LogP contribution in [0, 0.1) is 0 Å². The van der Waals surface area contributed by atoms with E-state index >= 15 is 0 Å². The molecule has 14 heteroatoms. The van der Waals surface area contributed by atoms with Gasteiger partial charge in [0.05, 0.1) is 18.8 Å². The van der Waals surface area contributed by atoms with Crippen molar-refractivity contribution < 1.29 is 39.3 Å². The van der Waals surface area contributed by atoms with E-state index in [-0.39, 0.29) is 18.6 Å². The molecular weight excluding hydrogens is 476 g/mol. The number of nitrogens with one attached hydrogen (secondary N) is 4. The van der Waals surface area contributed by atoms with E-state index in [9.17, 15) is 34.2 Å². The van der Waals surface area contributed by atoms with Gasteiger partial charge < -0.3 is 42.0 Å². The van der Waals surface area contributed by atoms with Crippen LogP contribution in [0.15, 0.2) is 36.8 Å². The fraction of sp³-hybridized carbons (Fsp3) is 0.364. The van der Waals surface area contributed by atoms with Crippen LogP contribution in [0.25, 0.3) is 0 Å². The topological polar surface area (TPSA) is 237 Å². The van der Waals surface area contributed by atoms with E-state index in [1.165, 1.54) is 43.7 Å². The Bertz CT molecular complexity index is 1070. The zero-order valence-electron chi connectivity index (χ0n) is 19.3. The number of amides is 3. The van der Waals surface area contributed by atoms with Crippen LogP contribution in [0.4, 0.5) is 0 Å². The SMILES string of the molecule is CC(NC(=O)C(N)Cc1cnc[nH]1)C(=O)NC(Cc1ccc(O)cc1)C(=O)NC(CC(=O)O)C(=O)O. The summed E-state index contributed by atoms with van der Waals surface area (Å²) in [6.07, 6.45) is 2.09. The van der Waals surface area contributed by atoms with Gasteiger partial charge in [0.25, 0.3) is 0 Å². The summed E-state index contributed by atoms with van der Waals surface area (Å²) < 4.78 is 0. The zero-order valence-corrected chi connectivity index (χ0v) is 19.3. The number of aromatic amines is 1. The van der Waals surface area contributed by atoms with E-state index in [0.717, 1.165) is 0 Å². The highest BCUT2D eigenvalue weighted by Gasteiger charge is 2.30. The van der Waals surface area contributed by atoms with Gasteiger partial charge in [-0.15, -0.1) is 0 Å². The molecule has 0 saturated carbocycles. The number of imidazole rings is 1. The molecule has 9 N–H and O–H groups in total. The van der Waals surface area contributed by atoms with Crippen molar-refractivity contribution in [3.8, 4) is 5.75 Å². The Morgan fingerprint density at radius 3 is 2.14 bits per heavy atom. The average Bonchev–Trinajstić information content (AvgIpc) is 3.32. The first-order valence-electron chi connectivity index (χ1n) is 10.8. The van der Waals surface area contributed by atoms with Crippen molar-refractivity contribution >= 4 is 29.7 Å². The zero-order chi connectivity index (χ0) is 26.8. The number of aromatic nitrogens is 2. The van der Waals surface area contributed by atoms with E-state index in [1.807, 2.05) is 0 Å². The Balaban J connectivity index is 2.09. The second-order valence-electron chi connectivity index (χ2n) is 8.05. The molecule has 1 aromatic heterocycles. The van der Waals surface area contributed by atoms with Gasteiger partial charge in [-0.2, -0.15) is 0 Å². The number of phenolic OH excluding ortho intramolecular Hbond substituents is 1. The summed E-state index contributed by atoms with van der Waals surface area (Å²) in [5, 5.41) is 34.6. The first-order chi connectivity index (χ1) is 17.0. The Kier molecular flexibility index (Phi) is 9.92. The lowest BCUT2D eigenvalue weighted by molar-refractivity contribution is -0.147. The molecule has 0 aliphatic carbocycles. The molecule has 36 heavy (non-hydrogen) atoms. The summed E-state index contributed by atoms with van der Waals surface area (Å²) >= 11 is 0. The van der Waals surface area contributed by atoms with Crippen molar-refractivity contribution in [2.45, 2.75) is 50.4 Å². The number of aromatic hydroxyl groups is 1. The number of nitrogens with two attached hydrogens (primary N) is 1. The molecule has 3 amide bonds. The van der Waals surface area contributed by atoms with E-state index in [2.05, 4.69) is 25.9 Å². The molecule has 194 valence electrons. The first-order valence-corrected chi connectivity index (χ1v) is 10.8. The molecule has 4 atom stereocenters. The minimum absolute atomic E-state index is 0.0287. The van der Waals surface area contributed by atoms with Crippen LogP contribution in [-0.4, -0.2) is 79.1 Å². The Morgan fingerprint density at radius 2 is 1.58 bits per heavy atom. The number of carbonyl (C=O) groups excluding carboxylic acids is 3. The molecule has 14 nitrogen and oxygen atoms in total. The second-order valence-corrected chi connectivity index (χ2v) is 8.05. The lowest BCUT2D eigenvalue weighted by Gasteiger charge is -2.23. The van der Waals surface area contributed by atoms with Gasteiger partial charge in [-0.1, -0.05) is 12.1 Å². The summed E-state index contributed by atoms with van der Waals surface area (Å²) in [5.41, 5.74) is 6.99. The van der Waals surface area contributed by atoms with Gasteiger partial charge in [0.15, 0.2) is 0 Å². The molecule has 0 bridgehead atoms. The monoisotopic (exact) mass is 504 g/mol. The normalized spacial score (nSPS) is 14.1. The molecule has 0 radical (unpaired) electrons. The number of carboxylic acid groups (broad SMARTS) is 2. The number of phenols is 1. The van der Waals surface area contributed by atoms with Crippen molar-refractivity contribution in [1.29, 1.82) is 0 Å². The minimum Gasteiger partial charge on any atom is -0.508 e. The Labute approximate surface area is 205 Å². The largest absolute Gasteiger partial charge is 0.508 e. The van der Waals surface area contributed by atoms with Crippen molar-refractivity contribution in [2.24, 2.45) is 5.73 Å². The maximum absolute atomic E-state index is 12.8. The lowest BCUT2D eigenvalue weighted by atomic mass is 10.0. The fourth-order valence-corrected chi connectivity index (χ4v) is 3.13. The molecule has 0 spiro atoms. The predicted molar refractivity (Wildman–Crippen MR) is 123 cm³/mol. The number of hydrogen-bond acceptors (Lipinski definition) is 8. The molecule has 1 heterocycles. The molecule has 0 saturated heterocycles. The average molecular weight is 505 g/mol. The molecule has 2 rings (SSSR count). The molecule has 4 unspecified atom stereocenters. The number of hydrogen-bond donors (Lipinski definition) is 8. The molecule has 0 fully saturated rings. The van der Waals surface area contributed by atoms with Gasteiger partial charge in [-0.05, 0) is 24.6 Å². The van der Waals surface area contributed by atoms with Crippen LogP contribution in [-0.2, 0) is 36.8 Å². The van der Waals surface area contributed by atoms with Crippen LogP contribution in [0.2, 0.25) is 0 Å². The smallest absolute Gasteiger partial charge is 0.326 e. The fourth-order valence-electron chi connectivity index (χ4n) is 3.13. The summed E-state index contributed by atoms with van der Waals surface area (Å²) in [5.74, 6) is -5.36. The number of carboxylic acids is 2. The van der Waals surface area contributed by atoms with Gasteiger partial charge in [0.2, 0.25) is 17.7 Å². The van der Waals surface area contributed by atoms with E-state index in [4.69, 9.17) is 10.8 Å². The van der Waals surface area contributed by atoms with Crippen molar-refractivity contribution in [1.82, 2.24) is 25.9 Å². The first kappa shape index (κ1) is 27.8. The number of H-pyrrole nitrogens is 1. The summed E-state index contributed by atoms with van der Waals surface area (Å²) in [6.45, 7) is 1.37. The quantitative estimate of drug-likeness (QED) is 0.153. The predicted octanol–water partition coefficient (Wildman–Crippen LogP) is -1.74. The molecule has 2 aromatic rings. The standard InChI is InChI=1S/C22H28N6O8/c1-11(26-20(33)15(23)7-13-9-24-10-25-13)19(32)27-16(6-12-2-4-14(29)5-3-12)21(34)28-17(22(35)36)8-18(30)31/h2-5,9-11,15-17,29H,6-8,23H2,1H3,(H,24,25)(H,26,33)(H,27,32)(H,28,34)(H,30,31)(H,35,36). The summed E-state index contributed by atoms with van der Waals surface area (Å²) in [4.78, 5) is 66.9. The third kappa shape index (κ3) is 8.72. The molecular formula is C22H28N6O8. The molecule has 0 aliphatic rings. The van der Waals surface area contributed by atoms with Crippen LogP contribution < -0.4 is 21.7 Å². The number of carbonyl (C=O) groups is 5. The van der Waals surface area contributed by atoms with Gasteiger partial charge >= 0.3 is 11.9 Å². The third-order valence-corrected chi connectivity index (χ3v) is 5.09. The maximum atomic E-state index is 12.8. The Morgan fingerprint density at radius 1 is 0.944 bits per heavy atom. The van der Waals surface area contributed by atoms with Gasteiger partial charge in [0, 0.05) is 24.7 Å². The summed E-state index contributed by atoms with van der Waals surface area (Å²) in [6, 6.07) is 0.559. The van der Waals surface area contributed by atoms with Crippen LogP contribution in [0.3, 0.4) is 0 Å². The third-order valence-electron chi connectivity index (χ3n) is 5.09. The van der Waals surface area contributed by atoms with Crippen molar-refractivity contribution in [3.63, 3.8) is 0 Å². The number of benzene rings is 1. The highest BCUT2D eigenvalue weighted by atomic mass is 16.4. The van der Waals surface area contributed by atoms with E-state index in [1.54, 1.807) is 0 Å². The van der Waals surface area contributed by atoms with Crippen LogP contribution >= 0.6 is 0 Å². The number of rotatable bonds is 13. The van der Waals surface area contributed by atoms with Gasteiger partial charge in [-0.25, -0.2) is 9.78 Å². The maximum Gasteiger partial charge on any atom is 0.326 e. The number of aliphatic carboxylic acids is 2. The highest BCUT2D eigenvalue weighted by molar-refractivity contribution is 5.94. The van der Waals surface area contributed by atoms with Crippen molar-refractivity contribution in [2.75, 3.05) is 0 Å². The second kappa shape index (κ2) is 12.9. The highest BCUT2D eigenvalue weighted by Crippen LogP contribution is 2.12. The molecule has 0 aliphatic heterocycles.